The molecule has 1 aliphatic rings. The molecule has 21 heavy (non-hydrogen) atoms. The minimum absolute atomic E-state index is 0.0949. The molecule has 0 saturated heterocycles. The van der Waals surface area contributed by atoms with Crippen LogP contribution in [0.2, 0.25) is 0 Å². The van der Waals surface area contributed by atoms with Gasteiger partial charge in [-0.1, -0.05) is 6.92 Å². The monoisotopic (exact) mass is 302 g/mol. The number of benzene rings is 1. The summed E-state index contributed by atoms with van der Waals surface area (Å²) in [6.45, 7) is 4.12. The first-order chi connectivity index (χ1) is 10.1. The van der Waals surface area contributed by atoms with E-state index in [-0.39, 0.29) is 11.8 Å². The Morgan fingerprint density at radius 1 is 1.38 bits per heavy atom. The maximum Gasteiger partial charge on any atom is 0.229 e. The van der Waals surface area contributed by atoms with Crippen molar-refractivity contribution < 1.29 is 9.53 Å². The third-order valence-corrected chi connectivity index (χ3v) is 4.72. The van der Waals surface area contributed by atoms with Gasteiger partial charge in [-0.25, -0.2) is 4.98 Å². The van der Waals surface area contributed by atoms with Crippen molar-refractivity contribution in [1.29, 1.82) is 0 Å². The fourth-order valence-electron chi connectivity index (χ4n) is 2.35. The van der Waals surface area contributed by atoms with E-state index in [0.29, 0.717) is 11.0 Å². The van der Waals surface area contributed by atoms with E-state index in [4.69, 9.17) is 4.74 Å². The van der Waals surface area contributed by atoms with Crippen molar-refractivity contribution in [3.05, 3.63) is 29.1 Å². The molecule has 2 aromatic rings. The minimum atomic E-state index is 0.0949. The molecular formula is C16H18N2O2S. The van der Waals surface area contributed by atoms with Gasteiger partial charge in [0.2, 0.25) is 5.91 Å². The number of carbonyl (C=O) groups is 1. The molecule has 0 spiro atoms. The van der Waals surface area contributed by atoms with Gasteiger partial charge in [0.1, 0.15) is 5.75 Å². The van der Waals surface area contributed by atoms with Crippen LogP contribution in [-0.4, -0.2) is 18.0 Å². The molecule has 0 aliphatic heterocycles. The van der Waals surface area contributed by atoms with Gasteiger partial charge in [0.15, 0.2) is 5.13 Å². The van der Waals surface area contributed by atoms with Crippen LogP contribution in [0.1, 0.15) is 18.2 Å². The van der Waals surface area contributed by atoms with E-state index >= 15 is 0 Å². The first kappa shape index (κ1) is 14.1. The smallest absolute Gasteiger partial charge is 0.229 e. The molecule has 1 fully saturated rings. The Bertz CT molecular complexity index is 663. The quantitative estimate of drug-likeness (QED) is 0.936. The van der Waals surface area contributed by atoms with E-state index in [1.807, 2.05) is 31.2 Å². The molecule has 1 aliphatic carbocycles. The molecule has 0 radical (unpaired) electrons. The molecule has 110 valence electrons. The number of thiazole rings is 1. The number of aryl methyl sites for hydroxylation is 1. The molecule has 1 N–H and O–H groups in total. The van der Waals surface area contributed by atoms with Crippen molar-refractivity contribution in [2.75, 3.05) is 12.4 Å². The van der Waals surface area contributed by atoms with E-state index in [1.54, 1.807) is 7.11 Å². The van der Waals surface area contributed by atoms with Crippen LogP contribution in [0, 0.1) is 18.8 Å². The summed E-state index contributed by atoms with van der Waals surface area (Å²) in [5.74, 6) is 1.59. The average molecular weight is 302 g/mol. The highest BCUT2D eigenvalue weighted by Gasteiger charge is 2.39. The number of hydrogen-bond donors (Lipinski definition) is 1. The maximum absolute atomic E-state index is 12.0. The van der Waals surface area contributed by atoms with Crippen LogP contribution in [0.25, 0.3) is 11.3 Å². The molecule has 1 amide bonds. The molecule has 0 unspecified atom stereocenters. The van der Waals surface area contributed by atoms with E-state index in [0.717, 1.165) is 28.3 Å². The number of amides is 1. The number of nitrogens with one attached hydrogen (secondary N) is 1. The molecular weight excluding hydrogens is 284 g/mol. The number of hydrogen-bond acceptors (Lipinski definition) is 4. The summed E-state index contributed by atoms with van der Waals surface area (Å²) in [6.07, 6.45) is 0.988. The lowest BCUT2D eigenvalue weighted by molar-refractivity contribution is -0.117. The van der Waals surface area contributed by atoms with Crippen LogP contribution in [0.15, 0.2) is 24.3 Å². The number of carbonyl (C=O) groups excluding carboxylic acids is 1. The lowest BCUT2D eigenvalue weighted by Crippen LogP contribution is -2.14. The van der Waals surface area contributed by atoms with Crippen LogP contribution in [0.3, 0.4) is 0 Å². The fraction of sp³-hybridized carbons (Fsp3) is 0.375. The lowest BCUT2D eigenvalue weighted by atomic mass is 10.1. The lowest BCUT2D eigenvalue weighted by Gasteiger charge is -2.02. The van der Waals surface area contributed by atoms with Crippen LogP contribution < -0.4 is 10.1 Å². The summed E-state index contributed by atoms with van der Waals surface area (Å²) in [7, 11) is 1.65. The zero-order chi connectivity index (χ0) is 15.0. The molecule has 1 saturated carbocycles. The Balaban J connectivity index is 1.78. The van der Waals surface area contributed by atoms with Gasteiger partial charge in [0.25, 0.3) is 0 Å². The molecule has 4 nitrogen and oxygen atoms in total. The van der Waals surface area contributed by atoms with Crippen molar-refractivity contribution >= 4 is 22.4 Å². The standard InChI is InChI=1S/C16H18N2O2S/c1-9-8-13(9)15(19)18-16-17-14(10(2)21-16)11-4-6-12(20-3)7-5-11/h4-7,9,13H,8H2,1-3H3,(H,17,18,19)/t9-,13+/m0/s1. The third-order valence-electron chi connectivity index (χ3n) is 3.84. The topological polar surface area (TPSA) is 51.2 Å². The summed E-state index contributed by atoms with van der Waals surface area (Å²) >= 11 is 1.52. The van der Waals surface area contributed by atoms with Crippen molar-refractivity contribution in [3.63, 3.8) is 0 Å². The Morgan fingerprint density at radius 2 is 2.05 bits per heavy atom. The predicted molar refractivity (Wildman–Crippen MR) is 84.7 cm³/mol. The highest BCUT2D eigenvalue weighted by atomic mass is 32.1. The Hall–Kier alpha value is -1.88. The van der Waals surface area contributed by atoms with Gasteiger partial charge >= 0.3 is 0 Å². The molecule has 5 heteroatoms. The summed E-state index contributed by atoms with van der Waals surface area (Å²) < 4.78 is 5.16. The first-order valence-electron chi connectivity index (χ1n) is 7.01. The average Bonchev–Trinajstić information content (AvgIpc) is 3.11. The highest BCUT2D eigenvalue weighted by Crippen LogP contribution is 2.39. The molecule has 3 rings (SSSR count). The predicted octanol–water partition coefficient (Wildman–Crippen LogP) is 3.72. The zero-order valence-electron chi connectivity index (χ0n) is 12.3. The van der Waals surface area contributed by atoms with E-state index in [2.05, 4.69) is 17.2 Å². The first-order valence-corrected chi connectivity index (χ1v) is 7.83. The van der Waals surface area contributed by atoms with Gasteiger partial charge in [0, 0.05) is 16.4 Å². The third kappa shape index (κ3) is 2.93. The van der Waals surface area contributed by atoms with Gasteiger partial charge < -0.3 is 10.1 Å². The minimum Gasteiger partial charge on any atom is -0.497 e. The second-order valence-corrected chi connectivity index (χ2v) is 6.66. The Labute approximate surface area is 128 Å². The van der Waals surface area contributed by atoms with Crippen LogP contribution in [-0.2, 0) is 4.79 Å². The summed E-state index contributed by atoms with van der Waals surface area (Å²) in [4.78, 5) is 17.6. The van der Waals surface area contributed by atoms with Gasteiger partial charge in [0.05, 0.1) is 12.8 Å². The number of methoxy groups -OCH3 is 1. The van der Waals surface area contributed by atoms with Crippen LogP contribution in [0.4, 0.5) is 5.13 Å². The molecule has 2 atom stereocenters. The van der Waals surface area contributed by atoms with Crippen LogP contribution >= 0.6 is 11.3 Å². The SMILES string of the molecule is COc1ccc(-c2nc(NC(=O)[C@@H]3C[C@@H]3C)sc2C)cc1. The number of aromatic nitrogens is 1. The van der Waals surface area contributed by atoms with Gasteiger partial charge in [-0.15, -0.1) is 11.3 Å². The van der Waals surface area contributed by atoms with Gasteiger partial charge in [-0.05, 0) is 43.5 Å². The molecule has 1 aromatic heterocycles. The molecule has 0 bridgehead atoms. The van der Waals surface area contributed by atoms with Crippen molar-refractivity contribution in [2.24, 2.45) is 11.8 Å². The largest absolute Gasteiger partial charge is 0.497 e. The number of rotatable bonds is 4. The van der Waals surface area contributed by atoms with Crippen molar-refractivity contribution in [2.45, 2.75) is 20.3 Å². The molecule has 1 heterocycles. The number of nitrogens with zero attached hydrogens (tertiary/aromatic N) is 1. The van der Waals surface area contributed by atoms with E-state index in [9.17, 15) is 4.79 Å². The number of ether oxygens (including phenoxy) is 1. The molecule has 1 aromatic carbocycles. The van der Waals surface area contributed by atoms with Crippen LogP contribution in [0.5, 0.6) is 5.75 Å². The second kappa shape index (κ2) is 5.48. The maximum atomic E-state index is 12.0. The Morgan fingerprint density at radius 3 is 2.62 bits per heavy atom. The zero-order valence-corrected chi connectivity index (χ0v) is 13.2. The van der Waals surface area contributed by atoms with Gasteiger partial charge in [-0.3, -0.25) is 4.79 Å². The van der Waals surface area contributed by atoms with E-state index in [1.165, 1.54) is 11.3 Å². The van der Waals surface area contributed by atoms with E-state index < -0.39 is 0 Å². The summed E-state index contributed by atoms with van der Waals surface area (Å²) in [5.41, 5.74) is 1.95. The normalized spacial score (nSPS) is 20.1. The second-order valence-electron chi connectivity index (χ2n) is 5.46. The highest BCUT2D eigenvalue weighted by molar-refractivity contribution is 7.16. The van der Waals surface area contributed by atoms with Crippen molar-refractivity contribution in [1.82, 2.24) is 4.98 Å². The summed E-state index contributed by atoms with van der Waals surface area (Å²) in [5, 5.41) is 3.61. The fourth-order valence-corrected chi connectivity index (χ4v) is 3.19. The van der Waals surface area contributed by atoms with Gasteiger partial charge in [-0.2, -0.15) is 0 Å². The Kier molecular flexibility index (Phi) is 3.68. The van der Waals surface area contributed by atoms with Crippen molar-refractivity contribution in [3.8, 4) is 17.0 Å². The summed E-state index contributed by atoms with van der Waals surface area (Å²) in [6, 6.07) is 7.79. The number of anilines is 1.